The Hall–Kier alpha value is -3.34. The molecular weight excluding hydrogens is 396 g/mol. The lowest BCUT2D eigenvalue weighted by atomic mass is 9.98. The fourth-order valence-electron chi connectivity index (χ4n) is 4.06. The summed E-state index contributed by atoms with van der Waals surface area (Å²) in [6.07, 6.45) is 1.57. The van der Waals surface area contributed by atoms with Gasteiger partial charge >= 0.3 is 0 Å². The predicted molar refractivity (Wildman–Crippen MR) is 129 cm³/mol. The average Bonchev–Trinajstić information content (AvgIpc) is 3.27. The Morgan fingerprint density at radius 1 is 0.781 bits per heavy atom. The van der Waals surface area contributed by atoms with Gasteiger partial charge in [-0.1, -0.05) is 78.9 Å². The van der Waals surface area contributed by atoms with Gasteiger partial charge in [-0.05, 0) is 42.4 Å². The van der Waals surface area contributed by atoms with E-state index in [1.807, 2.05) is 37.4 Å². The molecule has 4 heteroatoms. The normalized spacial score (nSPS) is 12.2. The first-order valence-corrected chi connectivity index (χ1v) is 11.0. The number of aliphatic hydroxyl groups excluding tert-OH is 1. The minimum Gasteiger partial charge on any atom is -0.491 e. The summed E-state index contributed by atoms with van der Waals surface area (Å²) in [6, 6.07) is 35.1. The largest absolute Gasteiger partial charge is 0.491 e. The number of ether oxygens (including phenoxy) is 1. The van der Waals surface area contributed by atoms with Crippen LogP contribution in [0, 0.1) is 0 Å². The second-order valence-corrected chi connectivity index (χ2v) is 8.11. The quantitative estimate of drug-likeness (QED) is 0.388. The van der Waals surface area contributed by atoms with E-state index in [-0.39, 0.29) is 12.6 Å². The molecule has 3 aromatic carbocycles. The molecule has 164 valence electrons. The highest BCUT2D eigenvalue weighted by atomic mass is 16.5. The van der Waals surface area contributed by atoms with E-state index < -0.39 is 6.10 Å². The highest BCUT2D eigenvalue weighted by molar-refractivity contribution is 5.34. The summed E-state index contributed by atoms with van der Waals surface area (Å²) in [5.74, 6) is 0.775. The van der Waals surface area contributed by atoms with Crippen LogP contribution in [0.2, 0.25) is 0 Å². The summed E-state index contributed by atoms with van der Waals surface area (Å²) in [4.78, 5) is 2.14. The van der Waals surface area contributed by atoms with Crippen LogP contribution in [0.25, 0.3) is 0 Å². The van der Waals surface area contributed by atoms with Gasteiger partial charge in [0.05, 0.1) is 6.04 Å². The van der Waals surface area contributed by atoms with Gasteiger partial charge in [0.1, 0.15) is 18.5 Å². The Balaban J connectivity index is 1.46. The summed E-state index contributed by atoms with van der Waals surface area (Å²) in [6.45, 7) is 1.52. The number of likely N-dealkylation sites (N-methyl/N-ethyl adjacent to an activating group) is 1. The van der Waals surface area contributed by atoms with Crippen molar-refractivity contribution in [3.8, 4) is 5.75 Å². The lowest BCUT2D eigenvalue weighted by Gasteiger charge is -2.26. The van der Waals surface area contributed by atoms with Gasteiger partial charge in [-0.15, -0.1) is 0 Å². The zero-order chi connectivity index (χ0) is 22.2. The molecule has 1 aromatic heterocycles. The molecule has 1 N–H and O–H groups in total. The Kier molecular flexibility index (Phi) is 7.38. The molecule has 0 radical (unpaired) electrons. The van der Waals surface area contributed by atoms with Crippen molar-refractivity contribution in [2.24, 2.45) is 0 Å². The van der Waals surface area contributed by atoms with Gasteiger partial charge in [-0.3, -0.25) is 4.90 Å². The Morgan fingerprint density at radius 2 is 1.34 bits per heavy atom. The topological polar surface area (TPSA) is 37.6 Å². The molecule has 0 saturated heterocycles. The highest BCUT2D eigenvalue weighted by Crippen LogP contribution is 2.28. The van der Waals surface area contributed by atoms with Gasteiger partial charge in [-0.2, -0.15) is 0 Å². The van der Waals surface area contributed by atoms with Crippen LogP contribution in [-0.4, -0.2) is 40.9 Å². The van der Waals surface area contributed by atoms with Crippen LogP contribution in [-0.2, 0) is 6.54 Å². The fourth-order valence-corrected chi connectivity index (χ4v) is 4.06. The molecular formula is C28H30N2O2. The number of hydrogen-bond acceptors (Lipinski definition) is 3. The third-order valence-corrected chi connectivity index (χ3v) is 5.52. The molecule has 0 aliphatic carbocycles. The summed E-state index contributed by atoms with van der Waals surface area (Å²) in [5, 5.41) is 10.5. The van der Waals surface area contributed by atoms with E-state index in [9.17, 15) is 5.11 Å². The van der Waals surface area contributed by atoms with Gasteiger partial charge in [0.15, 0.2) is 0 Å². The maximum atomic E-state index is 10.5. The number of benzene rings is 3. The molecule has 4 aromatic rings. The molecule has 0 amide bonds. The van der Waals surface area contributed by atoms with Crippen molar-refractivity contribution in [3.63, 3.8) is 0 Å². The van der Waals surface area contributed by atoms with Crippen molar-refractivity contribution < 1.29 is 9.84 Å². The molecule has 32 heavy (non-hydrogen) atoms. The Labute approximate surface area is 190 Å². The second-order valence-electron chi connectivity index (χ2n) is 8.11. The summed E-state index contributed by atoms with van der Waals surface area (Å²) in [7, 11) is 2.03. The van der Waals surface area contributed by atoms with Crippen molar-refractivity contribution in [2.75, 3.05) is 20.2 Å². The number of nitrogens with zero attached hydrogens (tertiary/aromatic N) is 2. The van der Waals surface area contributed by atoms with Gasteiger partial charge in [0, 0.05) is 25.0 Å². The molecule has 1 heterocycles. The highest BCUT2D eigenvalue weighted by Gasteiger charge is 2.19. The maximum absolute atomic E-state index is 10.5. The first-order valence-electron chi connectivity index (χ1n) is 11.0. The van der Waals surface area contributed by atoms with Gasteiger partial charge in [0.25, 0.3) is 0 Å². The van der Waals surface area contributed by atoms with Crippen molar-refractivity contribution in [2.45, 2.75) is 18.7 Å². The molecule has 0 bridgehead atoms. The van der Waals surface area contributed by atoms with Crippen LogP contribution < -0.4 is 4.74 Å². The molecule has 4 rings (SSSR count). The van der Waals surface area contributed by atoms with Crippen LogP contribution in [0.1, 0.15) is 22.9 Å². The molecule has 0 spiro atoms. The van der Waals surface area contributed by atoms with E-state index in [1.165, 1.54) is 16.8 Å². The molecule has 0 aliphatic heterocycles. The van der Waals surface area contributed by atoms with Crippen molar-refractivity contribution in [1.29, 1.82) is 0 Å². The minimum absolute atomic E-state index is 0.0992. The maximum Gasteiger partial charge on any atom is 0.119 e. The zero-order valence-electron chi connectivity index (χ0n) is 18.4. The number of para-hydroxylation sites is 1. The molecule has 4 nitrogen and oxygen atoms in total. The fraction of sp³-hybridized carbons (Fsp3) is 0.214. The average molecular weight is 427 g/mol. The lowest BCUT2D eigenvalue weighted by molar-refractivity contribution is 0.0737. The van der Waals surface area contributed by atoms with Crippen LogP contribution in [0.15, 0.2) is 109 Å². The van der Waals surface area contributed by atoms with E-state index in [0.29, 0.717) is 6.54 Å². The summed E-state index contributed by atoms with van der Waals surface area (Å²) >= 11 is 0. The van der Waals surface area contributed by atoms with Crippen molar-refractivity contribution in [3.05, 3.63) is 126 Å². The summed E-state index contributed by atoms with van der Waals surface area (Å²) < 4.78 is 8.03. The monoisotopic (exact) mass is 426 g/mol. The van der Waals surface area contributed by atoms with Gasteiger partial charge < -0.3 is 14.4 Å². The summed E-state index contributed by atoms with van der Waals surface area (Å²) in [5.41, 5.74) is 3.69. The smallest absolute Gasteiger partial charge is 0.119 e. The second kappa shape index (κ2) is 10.8. The number of aliphatic hydroxyl groups is 1. The predicted octanol–water partition coefficient (Wildman–Crippen LogP) is 5.00. The third-order valence-electron chi connectivity index (χ3n) is 5.52. The minimum atomic E-state index is -0.567. The van der Waals surface area contributed by atoms with E-state index >= 15 is 0 Å². The Bertz CT molecular complexity index is 1020. The van der Waals surface area contributed by atoms with Crippen LogP contribution in [0.3, 0.4) is 0 Å². The number of aromatic nitrogens is 1. The molecule has 0 fully saturated rings. The SMILES string of the molecule is CN(Cc1cccn1C(c1ccccc1)c1ccccc1)CC(O)COc1ccccc1. The third kappa shape index (κ3) is 5.67. The van der Waals surface area contributed by atoms with Gasteiger partial charge in [0.2, 0.25) is 0 Å². The van der Waals surface area contributed by atoms with E-state index in [1.54, 1.807) is 0 Å². The lowest BCUT2D eigenvalue weighted by Crippen LogP contribution is -2.33. The van der Waals surface area contributed by atoms with Gasteiger partial charge in [-0.25, -0.2) is 0 Å². The molecule has 0 aliphatic rings. The van der Waals surface area contributed by atoms with E-state index in [4.69, 9.17) is 4.74 Å². The molecule has 1 atom stereocenters. The Morgan fingerprint density at radius 3 is 1.94 bits per heavy atom. The van der Waals surface area contributed by atoms with Crippen LogP contribution in [0.5, 0.6) is 5.75 Å². The van der Waals surface area contributed by atoms with Crippen LogP contribution in [0.4, 0.5) is 0 Å². The van der Waals surface area contributed by atoms with E-state index in [0.717, 1.165) is 12.3 Å². The van der Waals surface area contributed by atoms with Crippen molar-refractivity contribution >= 4 is 0 Å². The molecule has 1 unspecified atom stereocenters. The first kappa shape index (κ1) is 21.9. The number of rotatable bonds is 10. The van der Waals surface area contributed by atoms with Crippen LogP contribution >= 0.6 is 0 Å². The standard InChI is InChI=1S/C28H30N2O2/c1-29(21-26(31)22-32-27-17-9-4-10-18-27)20-25-16-11-19-30(25)28(23-12-5-2-6-13-23)24-14-7-3-8-15-24/h2-19,26,28,31H,20-22H2,1H3. The zero-order valence-corrected chi connectivity index (χ0v) is 18.4. The van der Waals surface area contributed by atoms with E-state index in [2.05, 4.69) is 88.5 Å². The van der Waals surface area contributed by atoms with Crippen molar-refractivity contribution in [1.82, 2.24) is 9.47 Å². The number of hydrogen-bond donors (Lipinski definition) is 1. The first-order chi connectivity index (χ1) is 15.7. The molecule has 0 saturated carbocycles.